The van der Waals surface area contributed by atoms with Gasteiger partial charge in [-0.15, -0.1) is 0 Å². The van der Waals surface area contributed by atoms with Crippen molar-refractivity contribution in [3.8, 4) is 0 Å². The molecule has 0 aromatic rings. The molecule has 0 aliphatic carbocycles. The number of ether oxygens (including phenoxy) is 1. The summed E-state index contributed by atoms with van der Waals surface area (Å²) < 4.78 is 4.27. The van der Waals surface area contributed by atoms with E-state index in [1.807, 2.05) is 20.8 Å². The predicted molar refractivity (Wildman–Crippen MR) is 67.7 cm³/mol. The first kappa shape index (κ1) is 17.8. The van der Waals surface area contributed by atoms with E-state index >= 15 is 0 Å². The Morgan fingerprint density at radius 3 is 1.71 bits per heavy atom. The Labute approximate surface area is 103 Å². The van der Waals surface area contributed by atoms with E-state index in [1.54, 1.807) is 19.9 Å². The molecular weight excluding hydrogens is 220 g/mol. The Kier molecular flexibility index (Phi) is 8.02. The SMILES string of the molecule is C=C(C)C(=O)OC.CC(=CC(C)(C)C)C(=O)O. The maximum atomic E-state index is 10.3. The van der Waals surface area contributed by atoms with E-state index in [4.69, 9.17) is 5.11 Å². The number of carboxylic acids is 1. The molecule has 4 nitrogen and oxygen atoms in total. The van der Waals surface area contributed by atoms with Gasteiger partial charge in [0.15, 0.2) is 0 Å². The Morgan fingerprint density at radius 1 is 1.24 bits per heavy atom. The van der Waals surface area contributed by atoms with Crippen molar-refractivity contribution in [1.29, 1.82) is 0 Å². The lowest BCUT2D eigenvalue weighted by molar-refractivity contribution is -0.136. The van der Waals surface area contributed by atoms with Crippen molar-refractivity contribution < 1.29 is 19.4 Å². The summed E-state index contributed by atoms with van der Waals surface area (Å²) in [5.74, 6) is -1.19. The van der Waals surface area contributed by atoms with E-state index in [1.165, 1.54) is 7.11 Å². The lowest BCUT2D eigenvalue weighted by atomic mass is 9.94. The maximum Gasteiger partial charge on any atom is 0.332 e. The molecule has 0 heterocycles. The van der Waals surface area contributed by atoms with Crippen LogP contribution in [0.5, 0.6) is 0 Å². The molecule has 0 aromatic carbocycles. The summed E-state index contributed by atoms with van der Waals surface area (Å²) in [6.45, 7) is 12.5. The summed E-state index contributed by atoms with van der Waals surface area (Å²) in [7, 11) is 1.33. The van der Waals surface area contributed by atoms with Crippen molar-refractivity contribution in [2.45, 2.75) is 34.6 Å². The average molecular weight is 242 g/mol. The molecule has 0 aromatic heterocycles. The van der Waals surface area contributed by atoms with Crippen LogP contribution in [0.15, 0.2) is 23.8 Å². The lowest BCUT2D eigenvalue weighted by Crippen LogP contribution is -2.05. The summed E-state index contributed by atoms with van der Waals surface area (Å²) in [6.07, 6.45) is 1.75. The summed E-state index contributed by atoms with van der Waals surface area (Å²) in [4.78, 5) is 20.5. The number of rotatable bonds is 2. The predicted octanol–water partition coefficient (Wildman–Crippen LogP) is 2.80. The van der Waals surface area contributed by atoms with Crippen molar-refractivity contribution in [3.05, 3.63) is 23.8 Å². The molecule has 0 amide bonds. The smallest absolute Gasteiger partial charge is 0.332 e. The molecular formula is C13H22O4. The fraction of sp³-hybridized carbons (Fsp3) is 0.538. The Hall–Kier alpha value is -1.58. The van der Waals surface area contributed by atoms with Gasteiger partial charge in [-0.2, -0.15) is 0 Å². The largest absolute Gasteiger partial charge is 0.478 e. The zero-order valence-corrected chi connectivity index (χ0v) is 11.5. The molecule has 0 unspecified atom stereocenters. The highest BCUT2D eigenvalue weighted by molar-refractivity contribution is 5.86. The fourth-order valence-electron chi connectivity index (χ4n) is 0.885. The third-order valence-corrected chi connectivity index (χ3v) is 1.52. The van der Waals surface area contributed by atoms with Gasteiger partial charge >= 0.3 is 11.9 Å². The molecule has 0 rings (SSSR count). The van der Waals surface area contributed by atoms with Crippen LogP contribution in [-0.4, -0.2) is 24.2 Å². The molecule has 98 valence electrons. The minimum absolute atomic E-state index is 0.0392. The van der Waals surface area contributed by atoms with Crippen molar-refractivity contribution in [2.75, 3.05) is 7.11 Å². The van der Waals surface area contributed by atoms with Gasteiger partial charge in [-0.3, -0.25) is 0 Å². The van der Waals surface area contributed by atoms with Crippen molar-refractivity contribution in [2.24, 2.45) is 5.41 Å². The van der Waals surface area contributed by atoms with Crippen LogP contribution in [0.2, 0.25) is 0 Å². The van der Waals surface area contributed by atoms with Gasteiger partial charge in [-0.1, -0.05) is 33.4 Å². The standard InChI is InChI=1S/C8H14O2.C5H8O2/c1-6(7(9)10)5-8(2,3)4;1-4(2)5(6)7-3/h5H,1-4H3,(H,9,10);1H2,2-3H3. The topological polar surface area (TPSA) is 63.6 Å². The number of hydrogen-bond donors (Lipinski definition) is 1. The van der Waals surface area contributed by atoms with Gasteiger partial charge in [0.1, 0.15) is 0 Å². The summed E-state index contributed by atoms with van der Waals surface area (Å²) in [5.41, 5.74) is 0.803. The molecule has 0 fully saturated rings. The first-order valence-corrected chi connectivity index (χ1v) is 5.18. The van der Waals surface area contributed by atoms with E-state index in [0.717, 1.165) is 0 Å². The van der Waals surface area contributed by atoms with Crippen LogP contribution in [-0.2, 0) is 14.3 Å². The zero-order chi connectivity index (χ0) is 14.2. The van der Waals surface area contributed by atoms with Crippen molar-refractivity contribution in [3.63, 3.8) is 0 Å². The van der Waals surface area contributed by atoms with E-state index in [-0.39, 0.29) is 11.4 Å². The van der Waals surface area contributed by atoms with Crippen LogP contribution < -0.4 is 0 Å². The van der Waals surface area contributed by atoms with E-state index in [9.17, 15) is 9.59 Å². The van der Waals surface area contributed by atoms with Gasteiger partial charge < -0.3 is 9.84 Å². The van der Waals surface area contributed by atoms with Crippen molar-refractivity contribution in [1.82, 2.24) is 0 Å². The number of carbonyl (C=O) groups is 2. The first-order valence-electron chi connectivity index (χ1n) is 5.18. The van der Waals surface area contributed by atoms with Crippen LogP contribution in [0.25, 0.3) is 0 Å². The molecule has 4 heteroatoms. The molecule has 0 spiro atoms. The van der Waals surface area contributed by atoms with Gasteiger partial charge in [0.2, 0.25) is 0 Å². The molecule has 0 radical (unpaired) electrons. The van der Waals surface area contributed by atoms with E-state index < -0.39 is 5.97 Å². The molecule has 0 bridgehead atoms. The van der Waals surface area contributed by atoms with E-state index in [0.29, 0.717) is 11.1 Å². The summed E-state index contributed by atoms with van der Waals surface area (Å²) in [6, 6.07) is 0. The number of hydrogen-bond acceptors (Lipinski definition) is 3. The van der Waals surface area contributed by atoms with Gasteiger partial charge in [0.25, 0.3) is 0 Å². The molecule has 17 heavy (non-hydrogen) atoms. The number of methoxy groups -OCH3 is 1. The molecule has 0 atom stereocenters. The monoisotopic (exact) mass is 242 g/mol. The van der Waals surface area contributed by atoms with Crippen LogP contribution in [0.3, 0.4) is 0 Å². The highest BCUT2D eigenvalue weighted by Gasteiger charge is 2.09. The first-order chi connectivity index (χ1) is 7.51. The third kappa shape index (κ3) is 12.4. The highest BCUT2D eigenvalue weighted by Crippen LogP contribution is 2.17. The summed E-state index contributed by atoms with van der Waals surface area (Å²) in [5, 5.41) is 8.48. The molecule has 0 aliphatic rings. The third-order valence-electron chi connectivity index (χ3n) is 1.52. The second kappa shape index (κ2) is 7.65. The van der Waals surface area contributed by atoms with Crippen molar-refractivity contribution >= 4 is 11.9 Å². The minimum atomic E-state index is -0.838. The lowest BCUT2D eigenvalue weighted by Gasteiger charge is -2.11. The van der Waals surface area contributed by atoms with Gasteiger partial charge in [0.05, 0.1) is 7.11 Å². The van der Waals surface area contributed by atoms with Gasteiger partial charge in [-0.25, -0.2) is 9.59 Å². The fourth-order valence-corrected chi connectivity index (χ4v) is 0.885. The molecule has 1 N–H and O–H groups in total. The second-order valence-corrected chi connectivity index (χ2v) is 4.77. The number of aliphatic carboxylic acids is 1. The number of carboxylic acid groups (broad SMARTS) is 1. The van der Waals surface area contributed by atoms with Crippen LogP contribution >= 0.6 is 0 Å². The second-order valence-electron chi connectivity index (χ2n) is 4.77. The average Bonchev–Trinajstić information content (AvgIpc) is 2.14. The minimum Gasteiger partial charge on any atom is -0.478 e. The normalized spacial score (nSPS) is 11.1. The van der Waals surface area contributed by atoms with Gasteiger partial charge in [-0.05, 0) is 19.3 Å². The Morgan fingerprint density at radius 2 is 1.65 bits per heavy atom. The Balaban J connectivity index is 0. The van der Waals surface area contributed by atoms with Crippen LogP contribution in [0, 0.1) is 5.41 Å². The number of allylic oxidation sites excluding steroid dienone is 1. The van der Waals surface area contributed by atoms with Gasteiger partial charge in [0, 0.05) is 11.1 Å². The van der Waals surface area contributed by atoms with Crippen LogP contribution in [0.4, 0.5) is 0 Å². The molecule has 0 saturated carbocycles. The molecule has 0 aliphatic heterocycles. The van der Waals surface area contributed by atoms with E-state index in [2.05, 4.69) is 11.3 Å². The maximum absolute atomic E-state index is 10.3. The summed E-state index contributed by atoms with van der Waals surface area (Å²) >= 11 is 0. The number of carbonyl (C=O) groups excluding carboxylic acids is 1. The Bertz CT molecular complexity index is 319. The quantitative estimate of drug-likeness (QED) is 0.597. The zero-order valence-electron chi connectivity index (χ0n) is 11.5. The highest BCUT2D eigenvalue weighted by atomic mass is 16.5. The van der Waals surface area contributed by atoms with Crippen LogP contribution in [0.1, 0.15) is 34.6 Å². The molecule has 0 saturated heterocycles. The number of esters is 1.